The van der Waals surface area contributed by atoms with Crippen molar-refractivity contribution in [3.63, 3.8) is 0 Å². The first-order valence-corrected chi connectivity index (χ1v) is 6.68. The number of hydrogen-bond donors (Lipinski definition) is 1. The molecule has 4 nitrogen and oxygen atoms in total. The average Bonchev–Trinajstić information content (AvgIpc) is 2.99. The third-order valence-electron chi connectivity index (χ3n) is 3.27. The standard InChI is InChI=1S/C17H14N2O2.ClH/c20-16-8-6-15(7-9-16)18-10-11-19(13-18)17(21)12-14-4-2-1-3-5-14;/h1-11,13H,12H2;1H. The number of nitrogens with zero attached hydrogens (tertiary/aromatic N) is 2. The molecular formula is C17H15ClN2O2. The number of phenolic OH excluding ortho intramolecular Hbond substituents is 1. The Morgan fingerprint density at radius 2 is 1.73 bits per heavy atom. The van der Waals surface area contributed by atoms with Crippen LogP contribution in [0.3, 0.4) is 0 Å². The summed E-state index contributed by atoms with van der Waals surface area (Å²) in [6, 6.07) is 16.5. The van der Waals surface area contributed by atoms with Gasteiger partial charge in [0.25, 0.3) is 6.33 Å². The number of imidazole rings is 1. The van der Waals surface area contributed by atoms with Crippen LogP contribution in [-0.4, -0.2) is 15.6 Å². The minimum atomic E-state index is 0. The predicted octanol–water partition coefficient (Wildman–Crippen LogP) is -0.643. The minimum Gasteiger partial charge on any atom is -1.00 e. The van der Waals surface area contributed by atoms with E-state index in [2.05, 4.69) is 0 Å². The number of carbonyl (C=O) groups is 1. The molecule has 2 aromatic carbocycles. The minimum absolute atomic E-state index is 0. The average molecular weight is 315 g/mol. The molecule has 3 aromatic rings. The fraction of sp³-hybridized carbons (Fsp3) is 0.0588. The highest BCUT2D eigenvalue weighted by molar-refractivity contribution is 5.80. The Morgan fingerprint density at radius 1 is 1.05 bits per heavy atom. The van der Waals surface area contributed by atoms with Crippen molar-refractivity contribution in [3.8, 4) is 11.4 Å². The predicted molar refractivity (Wildman–Crippen MR) is 78.4 cm³/mol. The molecule has 0 fully saturated rings. The highest BCUT2D eigenvalue weighted by Gasteiger charge is 2.14. The molecule has 0 amide bonds. The van der Waals surface area contributed by atoms with Crippen LogP contribution in [0.2, 0.25) is 0 Å². The molecule has 0 aliphatic rings. The Hall–Kier alpha value is -2.59. The molecule has 3 rings (SSSR count). The largest absolute Gasteiger partial charge is 1.00 e. The van der Waals surface area contributed by atoms with Crippen molar-refractivity contribution < 1.29 is 26.9 Å². The monoisotopic (exact) mass is 314 g/mol. The van der Waals surface area contributed by atoms with Crippen molar-refractivity contribution in [1.82, 2.24) is 4.57 Å². The van der Waals surface area contributed by atoms with E-state index >= 15 is 0 Å². The second kappa shape index (κ2) is 6.91. The van der Waals surface area contributed by atoms with E-state index in [-0.39, 0.29) is 24.1 Å². The van der Waals surface area contributed by atoms with Crippen LogP contribution in [-0.2, 0) is 6.42 Å². The Kier molecular flexibility index (Phi) is 4.96. The first-order chi connectivity index (χ1) is 10.2. The van der Waals surface area contributed by atoms with Gasteiger partial charge in [0.2, 0.25) is 0 Å². The normalized spacial score (nSPS) is 10.0. The van der Waals surface area contributed by atoms with Gasteiger partial charge in [-0.05, 0) is 29.8 Å². The van der Waals surface area contributed by atoms with Gasteiger partial charge in [-0.25, -0.2) is 9.36 Å². The Labute approximate surface area is 134 Å². The van der Waals surface area contributed by atoms with Crippen LogP contribution in [0.25, 0.3) is 5.69 Å². The van der Waals surface area contributed by atoms with Crippen LogP contribution < -0.4 is 17.0 Å². The van der Waals surface area contributed by atoms with Gasteiger partial charge in [-0.1, -0.05) is 30.3 Å². The number of aromatic hydroxyl groups is 1. The second-order valence-electron chi connectivity index (χ2n) is 4.80. The van der Waals surface area contributed by atoms with Gasteiger partial charge in [0.05, 0.1) is 6.42 Å². The fourth-order valence-corrected chi connectivity index (χ4v) is 2.14. The third kappa shape index (κ3) is 3.54. The van der Waals surface area contributed by atoms with E-state index in [0.717, 1.165) is 11.3 Å². The molecule has 0 unspecified atom stereocenters. The van der Waals surface area contributed by atoms with Crippen molar-refractivity contribution >= 4 is 5.91 Å². The van der Waals surface area contributed by atoms with Gasteiger partial charge >= 0.3 is 5.91 Å². The maximum Gasteiger partial charge on any atom is 0.318 e. The maximum absolute atomic E-state index is 12.2. The lowest BCUT2D eigenvalue weighted by Crippen LogP contribution is -3.00. The van der Waals surface area contributed by atoms with E-state index in [4.69, 9.17) is 0 Å². The van der Waals surface area contributed by atoms with Gasteiger partial charge in [0, 0.05) is 0 Å². The summed E-state index contributed by atoms with van der Waals surface area (Å²) in [4.78, 5) is 12.2. The zero-order valence-corrected chi connectivity index (χ0v) is 12.5. The van der Waals surface area contributed by atoms with E-state index < -0.39 is 0 Å². The summed E-state index contributed by atoms with van der Waals surface area (Å²) in [5.41, 5.74) is 1.88. The van der Waals surface area contributed by atoms with Crippen LogP contribution in [0, 0.1) is 0 Å². The van der Waals surface area contributed by atoms with E-state index in [1.165, 1.54) is 0 Å². The molecule has 112 valence electrons. The summed E-state index contributed by atoms with van der Waals surface area (Å²) >= 11 is 0. The smallest absolute Gasteiger partial charge is 0.318 e. The molecule has 1 heterocycles. The molecule has 0 aliphatic heterocycles. The summed E-state index contributed by atoms with van der Waals surface area (Å²) in [5, 5.41) is 9.29. The quantitative estimate of drug-likeness (QED) is 0.654. The van der Waals surface area contributed by atoms with Gasteiger partial charge < -0.3 is 17.5 Å². The highest BCUT2D eigenvalue weighted by Crippen LogP contribution is 2.09. The van der Waals surface area contributed by atoms with Crippen LogP contribution in [0.1, 0.15) is 10.4 Å². The molecule has 0 aliphatic carbocycles. The first-order valence-electron chi connectivity index (χ1n) is 6.68. The van der Waals surface area contributed by atoms with Crippen molar-refractivity contribution in [2.24, 2.45) is 0 Å². The lowest BCUT2D eigenvalue weighted by Gasteiger charge is -1.97. The van der Waals surface area contributed by atoms with Gasteiger partial charge in [0.1, 0.15) is 23.8 Å². The molecule has 0 saturated carbocycles. The van der Waals surface area contributed by atoms with Crippen molar-refractivity contribution in [2.75, 3.05) is 0 Å². The second-order valence-corrected chi connectivity index (χ2v) is 4.80. The van der Waals surface area contributed by atoms with Crippen molar-refractivity contribution in [3.05, 3.63) is 78.9 Å². The first kappa shape index (κ1) is 15.8. The van der Waals surface area contributed by atoms with Crippen molar-refractivity contribution in [1.29, 1.82) is 0 Å². The van der Waals surface area contributed by atoms with Gasteiger partial charge in [0.15, 0.2) is 0 Å². The van der Waals surface area contributed by atoms with E-state index in [0.29, 0.717) is 6.42 Å². The number of carbonyl (C=O) groups excluding carboxylic acids is 1. The zero-order chi connectivity index (χ0) is 14.7. The van der Waals surface area contributed by atoms with Gasteiger partial charge in [-0.15, -0.1) is 0 Å². The van der Waals surface area contributed by atoms with Crippen molar-refractivity contribution in [2.45, 2.75) is 6.42 Å². The number of benzene rings is 2. The molecule has 0 atom stereocenters. The van der Waals surface area contributed by atoms with E-state index in [9.17, 15) is 9.90 Å². The highest BCUT2D eigenvalue weighted by atomic mass is 35.5. The van der Waals surface area contributed by atoms with Crippen LogP contribution in [0.5, 0.6) is 5.75 Å². The molecule has 1 aromatic heterocycles. The maximum atomic E-state index is 12.2. The fourth-order valence-electron chi connectivity index (χ4n) is 2.14. The summed E-state index contributed by atoms with van der Waals surface area (Å²) < 4.78 is 3.40. The molecule has 0 spiro atoms. The summed E-state index contributed by atoms with van der Waals surface area (Å²) in [5.74, 6) is 0.234. The Balaban J connectivity index is 0.00000176. The summed E-state index contributed by atoms with van der Waals surface area (Å²) in [6.07, 6.45) is 5.65. The van der Waals surface area contributed by atoms with E-state index in [1.54, 1.807) is 41.4 Å². The summed E-state index contributed by atoms with van der Waals surface area (Å²) in [6.45, 7) is 0. The molecule has 0 saturated heterocycles. The lowest BCUT2D eigenvalue weighted by atomic mass is 10.1. The topological polar surface area (TPSA) is 46.1 Å². The van der Waals surface area contributed by atoms with Gasteiger partial charge in [-0.2, -0.15) is 4.57 Å². The Morgan fingerprint density at radius 3 is 2.41 bits per heavy atom. The van der Waals surface area contributed by atoms with Crippen LogP contribution in [0.15, 0.2) is 73.3 Å². The molecule has 1 N–H and O–H groups in total. The Bertz CT molecular complexity index is 752. The summed E-state index contributed by atoms with van der Waals surface area (Å²) in [7, 11) is 0. The van der Waals surface area contributed by atoms with E-state index in [1.807, 2.05) is 41.1 Å². The number of hydrogen-bond acceptors (Lipinski definition) is 2. The number of halogens is 1. The molecule has 0 radical (unpaired) electrons. The lowest BCUT2D eigenvalue weighted by molar-refractivity contribution is -0.594. The zero-order valence-electron chi connectivity index (χ0n) is 11.8. The third-order valence-corrected chi connectivity index (χ3v) is 3.27. The SMILES string of the molecule is O=C(Cc1ccccc1)n1cc[n+](-c2ccc(O)cc2)c1.[Cl-]. The number of rotatable bonds is 3. The van der Waals surface area contributed by atoms with Crippen LogP contribution >= 0.6 is 0 Å². The number of aromatic nitrogens is 2. The van der Waals surface area contributed by atoms with Crippen LogP contribution in [0.4, 0.5) is 0 Å². The molecular weight excluding hydrogens is 300 g/mol. The van der Waals surface area contributed by atoms with Gasteiger partial charge in [-0.3, -0.25) is 0 Å². The molecule has 0 bridgehead atoms. The number of phenols is 1. The molecule has 22 heavy (non-hydrogen) atoms. The molecule has 5 heteroatoms.